The first-order chi connectivity index (χ1) is 7.93. The molecule has 0 amide bonds. The number of hydrogen-bond acceptors (Lipinski definition) is 4. The molecule has 17 heavy (non-hydrogen) atoms. The minimum atomic E-state index is -2.81. The minimum absolute atomic E-state index is 0.146. The molecule has 0 bridgehead atoms. The summed E-state index contributed by atoms with van der Waals surface area (Å²) in [6.07, 6.45) is 1.26. The molecule has 0 radical (unpaired) electrons. The highest BCUT2D eigenvalue weighted by Crippen LogP contribution is 2.11. The lowest BCUT2D eigenvalue weighted by Gasteiger charge is -2.25. The molecule has 5 nitrogen and oxygen atoms in total. The summed E-state index contributed by atoms with van der Waals surface area (Å²) in [6.45, 7) is 2.56. The Kier molecular flexibility index (Phi) is 5.61. The average Bonchev–Trinajstić information content (AvgIpc) is 2.21. The van der Waals surface area contributed by atoms with Crippen LogP contribution in [0.15, 0.2) is 0 Å². The summed E-state index contributed by atoms with van der Waals surface area (Å²) in [6, 6.07) is 0.306. The van der Waals surface area contributed by atoms with Crippen LogP contribution in [-0.4, -0.2) is 50.8 Å². The molecule has 0 aliphatic carbocycles. The van der Waals surface area contributed by atoms with E-state index in [1.165, 1.54) is 0 Å². The molecule has 1 aliphatic heterocycles. The Balaban J connectivity index is 2.28. The second-order valence-corrected chi connectivity index (χ2v) is 7.11. The summed E-state index contributed by atoms with van der Waals surface area (Å²) in [5.74, 6) is 0.502. The Morgan fingerprint density at radius 3 is 2.59 bits per heavy atom. The number of rotatable bonds is 4. The van der Waals surface area contributed by atoms with Gasteiger partial charge < -0.3 is 15.4 Å². The van der Waals surface area contributed by atoms with Gasteiger partial charge in [-0.2, -0.15) is 0 Å². The number of ether oxygens (including phenoxy) is 1. The molecule has 2 N–H and O–H groups in total. The van der Waals surface area contributed by atoms with Gasteiger partial charge in [0.2, 0.25) is 0 Å². The van der Waals surface area contributed by atoms with E-state index in [1.807, 2.05) is 6.92 Å². The van der Waals surface area contributed by atoms with Gasteiger partial charge in [-0.15, -0.1) is 0 Å². The topological polar surface area (TPSA) is 67.4 Å². The van der Waals surface area contributed by atoms with Crippen molar-refractivity contribution in [3.8, 4) is 0 Å². The third-order valence-corrected chi connectivity index (χ3v) is 4.64. The summed E-state index contributed by atoms with van der Waals surface area (Å²) < 4.78 is 27.5. The normalized spacial score (nSPS) is 21.8. The number of sulfone groups is 1. The molecule has 0 saturated carbocycles. The third kappa shape index (κ3) is 5.65. The Labute approximate surface area is 108 Å². The van der Waals surface area contributed by atoms with Crippen LogP contribution in [0.2, 0.25) is 0 Å². The summed E-state index contributed by atoms with van der Waals surface area (Å²) in [5.41, 5.74) is 0. The molecule has 1 aliphatic rings. The third-order valence-electron chi connectivity index (χ3n) is 2.68. The zero-order chi connectivity index (χ0) is 12.9. The fraction of sp³-hybridized carbons (Fsp3) is 0.900. The van der Waals surface area contributed by atoms with Crippen molar-refractivity contribution in [3.05, 3.63) is 0 Å². The monoisotopic (exact) mass is 280 g/mol. The van der Waals surface area contributed by atoms with Crippen LogP contribution >= 0.6 is 12.2 Å². The van der Waals surface area contributed by atoms with Crippen molar-refractivity contribution in [3.63, 3.8) is 0 Å². The van der Waals surface area contributed by atoms with Crippen LogP contribution in [0.1, 0.15) is 19.8 Å². The maximum absolute atomic E-state index is 11.3. The smallest absolute Gasteiger partial charge is 0.166 e. The van der Waals surface area contributed by atoms with Gasteiger partial charge in [-0.05, 0) is 32.0 Å². The summed E-state index contributed by atoms with van der Waals surface area (Å²) in [7, 11) is -1.17. The van der Waals surface area contributed by atoms with E-state index < -0.39 is 9.84 Å². The van der Waals surface area contributed by atoms with Crippen molar-refractivity contribution in [2.24, 2.45) is 0 Å². The van der Waals surface area contributed by atoms with Crippen LogP contribution < -0.4 is 10.6 Å². The van der Waals surface area contributed by atoms with E-state index >= 15 is 0 Å². The van der Waals surface area contributed by atoms with E-state index in [1.54, 1.807) is 7.11 Å². The maximum atomic E-state index is 11.3. The highest BCUT2D eigenvalue weighted by molar-refractivity contribution is 7.91. The van der Waals surface area contributed by atoms with Crippen molar-refractivity contribution in [1.82, 2.24) is 10.6 Å². The molecule has 0 spiro atoms. The summed E-state index contributed by atoms with van der Waals surface area (Å²) in [4.78, 5) is 0. The van der Waals surface area contributed by atoms with Gasteiger partial charge in [0.1, 0.15) is 9.84 Å². The van der Waals surface area contributed by atoms with Gasteiger partial charge >= 0.3 is 0 Å². The Morgan fingerprint density at radius 1 is 1.47 bits per heavy atom. The molecular weight excluding hydrogens is 260 g/mol. The SMILES string of the molecule is COCC(C)NC(=S)NC1CCS(=O)(=O)CC1. The van der Waals surface area contributed by atoms with Gasteiger partial charge in [0.25, 0.3) is 0 Å². The lowest BCUT2D eigenvalue weighted by atomic mass is 10.2. The summed E-state index contributed by atoms with van der Waals surface area (Å²) >= 11 is 5.16. The zero-order valence-corrected chi connectivity index (χ0v) is 11.9. The minimum Gasteiger partial charge on any atom is -0.383 e. The van der Waals surface area contributed by atoms with Gasteiger partial charge in [-0.1, -0.05) is 0 Å². The number of hydrogen-bond donors (Lipinski definition) is 2. The van der Waals surface area contributed by atoms with Gasteiger partial charge in [0.15, 0.2) is 5.11 Å². The van der Waals surface area contributed by atoms with Crippen LogP contribution in [0.4, 0.5) is 0 Å². The van der Waals surface area contributed by atoms with Crippen molar-refractivity contribution in [2.75, 3.05) is 25.2 Å². The molecule has 1 unspecified atom stereocenters. The largest absolute Gasteiger partial charge is 0.383 e. The van der Waals surface area contributed by atoms with E-state index in [-0.39, 0.29) is 23.6 Å². The standard InChI is InChI=1S/C10H20N2O3S2/c1-8(7-15-2)11-10(16)12-9-3-5-17(13,14)6-4-9/h8-9H,3-7H2,1-2H3,(H2,11,12,16). The quantitative estimate of drug-likeness (QED) is 0.710. The predicted octanol–water partition coefficient (Wildman–Crippen LogP) is 0.0626. The fourth-order valence-electron chi connectivity index (χ4n) is 1.78. The first-order valence-electron chi connectivity index (χ1n) is 5.69. The van der Waals surface area contributed by atoms with Crippen LogP contribution in [-0.2, 0) is 14.6 Å². The highest BCUT2D eigenvalue weighted by atomic mass is 32.2. The molecule has 0 aromatic carbocycles. The van der Waals surface area contributed by atoms with Crippen molar-refractivity contribution in [1.29, 1.82) is 0 Å². The van der Waals surface area contributed by atoms with Gasteiger partial charge in [0.05, 0.1) is 18.1 Å². The summed E-state index contributed by atoms with van der Waals surface area (Å²) in [5, 5.41) is 6.81. The number of thiocarbonyl (C=S) groups is 1. The molecule has 100 valence electrons. The molecule has 1 fully saturated rings. The van der Waals surface area contributed by atoms with Gasteiger partial charge in [-0.3, -0.25) is 0 Å². The van der Waals surface area contributed by atoms with E-state index in [0.29, 0.717) is 24.6 Å². The first kappa shape index (κ1) is 14.7. The second kappa shape index (κ2) is 6.51. The predicted molar refractivity (Wildman–Crippen MR) is 71.9 cm³/mol. The van der Waals surface area contributed by atoms with Gasteiger partial charge in [0, 0.05) is 19.2 Å². The average molecular weight is 280 g/mol. The van der Waals surface area contributed by atoms with E-state index in [4.69, 9.17) is 17.0 Å². The fourth-order valence-corrected chi connectivity index (χ4v) is 3.64. The lowest BCUT2D eigenvalue weighted by Crippen LogP contribution is -2.48. The molecule has 7 heteroatoms. The number of methoxy groups -OCH3 is 1. The second-order valence-electron chi connectivity index (χ2n) is 4.40. The molecule has 1 rings (SSSR count). The van der Waals surface area contributed by atoms with E-state index in [0.717, 1.165) is 0 Å². The molecule has 1 heterocycles. The van der Waals surface area contributed by atoms with Gasteiger partial charge in [-0.25, -0.2) is 8.42 Å². The lowest BCUT2D eigenvalue weighted by molar-refractivity contribution is 0.179. The van der Waals surface area contributed by atoms with Crippen LogP contribution in [0, 0.1) is 0 Å². The van der Waals surface area contributed by atoms with Crippen LogP contribution in [0.25, 0.3) is 0 Å². The molecule has 1 atom stereocenters. The van der Waals surface area contributed by atoms with Crippen molar-refractivity contribution in [2.45, 2.75) is 31.8 Å². The molecule has 0 aromatic heterocycles. The van der Waals surface area contributed by atoms with Crippen molar-refractivity contribution < 1.29 is 13.2 Å². The highest BCUT2D eigenvalue weighted by Gasteiger charge is 2.23. The van der Waals surface area contributed by atoms with Crippen LogP contribution in [0.3, 0.4) is 0 Å². The van der Waals surface area contributed by atoms with E-state index in [9.17, 15) is 8.42 Å². The zero-order valence-electron chi connectivity index (χ0n) is 10.2. The van der Waals surface area contributed by atoms with Crippen LogP contribution in [0.5, 0.6) is 0 Å². The first-order valence-corrected chi connectivity index (χ1v) is 7.92. The number of nitrogens with one attached hydrogen (secondary N) is 2. The Bertz CT molecular complexity index is 343. The maximum Gasteiger partial charge on any atom is 0.166 e. The van der Waals surface area contributed by atoms with Crippen molar-refractivity contribution >= 4 is 27.2 Å². The molecule has 0 aromatic rings. The van der Waals surface area contributed by atoms with E-state index in [2.05, 4.69) is 10.6 Å². The molecule has 1 saturated heterocycles. The Hall–Kier alpha value is -0.400. The Morgan fingerprint density at radius 2 is 2.06 bits per heavy atom. The molecular formula is C10H20N2O3S2.